The average molecular weight is 706 g/mol. The highest BCUT2D eigenvalue weighted by Crippen LogP contribution is 2.42. The molecule has 55 heavy (non-hydrogen) atoms. The largest absolute Gasteiger partial charge is 0.456 e. The third-order valence-corrected chi connectivity index (χ3v) is 11.4. The van der Waals surface area contributed by atoms with Crippen LogP contribution in [0.5, 0.6) is 0 Å². The molecule has 0 unspecified atom stereocenters. The van der Waals surface area contributed by atoms with E-state index in [0.717, 1.165) is 88.5 Å². The second-order valence-corrected chi connectivity index (χ2v) is 14.4. The van der Waals surface area contributed by atoms with Gasteiger partial charge < -0.3 is 18.0 Å². The first-order chi connectivity index (χ1) is 27.2. The van der Waals surface area contributed by atoms with E-state index in [-0.39, 0.29) is 0 Å². The molecule has 12 rings (SSSR count). The third kappa shape index (κ3) is 4.38. The summed E-state index contributed by atoms with van der Waals surface area (Å²) in [6, 6.07) is 58.5. The first kappa shape index (κ1) is 30.1. The van der Waals surface area contributed by atoms with Crippen LogP contribution in [0.15, 0.2) is 178 Å². The average Bonchev–Trinajstić information content (AvgIpc) is 3.96. The van der Waals surface area contributed by atoms with E-state index in [4.69, 9.17) is 8.83 Å². The van der Waals surface area contributed by atoms with Crippen LogP contribution in [-0.2, 0) is 6.54 Å². The van der Waals surface area contributed by atoms with Gasteiger partial charge in [0.15, 0.2) is 0 Å². The zero-order valence-corrected chi connectivity index (χ0v) is 29.7. The molecule has 0 saturated carbocycles. The fourth-order valence-corrected chi connectivity index (χ4v) is 8.85. The Morgan fingerprint density at radius 3 is 1.65 bits per heavy atom. The predicted molar refractivity (Wildman–Crippen MR) is 228 cm³/mol. The minimum atomic E-state index is 0.592. The SMILES string of the molecule is C=NCc1ccc(-n2c3ccc(-c4ccc5oc6cc7c(cc6c5c4)c4ccccc4n7-c4ccccc4)cc3c3cc4c(cc32)oc2ccccc24)cc1. The molecule has 0 N–H and O–H groups in total. The summed E-state index contributed by atoms with van der Waals surface area (Å²) in [6.45, 7) is 4.27. The molecular formula is C50H31N3O2. The van der Waals surface area contributed by atoms with Gasteiger partial charge in [0.05, 0.1) is 28.6 Å². The maximum atomic E-state index is 6.58. The molecule has 8 aromatic carbocycles. The number of rotatable bonds is 5. The molecule has 0 aliphatic rings. The van der Waals surface area contributed by atoms with Crippen LogP contribution >= 0.6 is 0 Å². The van der Waals surface area contributed by atoms with Crippen LogP contribution in [0, 0.1) is 0 Å². The van der Waals surface area contributed by atoms with E-state index >= 15 is 0 Å². The van der Waals surface area contributed by atoms with Gasteiger partial charge in [-0.15, -0.1) is 0 Å². The lowest BCUT2D eigenvalue weighted by atomic mass is 10.00. The molecule has 4 heterocycles. The molecule has 0 aliphatic heterocycles. The molecule has 12 aromatic rings. The highest BCUT2D eigenvalue weighted by atomic mass is 16.3. The Kier molecular flexibility index (Phi) is 6.20. The van der Waals surface area contributed by atoms with Crippen LogP contribution in [-0.4, -0.2) is 15.9 Å². The highest BCUT2D eigenvalue weighted by molar-refractivity contribution is 6.19. The lowest BCUT2D eigenvalue weighted by Gasteiger charge is -2.09. The number of furan rings is 2. The van der Waals surface area contributed by atoms with Crippen LogP contribution < -0.4 is 0 Å². The smallest absolute Gasteiger partial charge is 0.137 e. The van der Waals surface area contributed by atoms with E-state index in [1.807, 2.05) is 12.1 Å². The molecule has 0 fully saturated rings. The van der Waals surface area contributed by atoms with Crippen molar-refractivity contribution in [1.29, 1.82) is 0 Å². The quantitative estimate of drug-likeness (QED) is 0.167. The van der Waals surface area contributed by atoms with Gasteiger partial charge in [-0.3, -0.25) is 4.99 Å². The minimum Gasteiger partial charge on any atom is -0.456 e. The summed E-state index contributed by atoms with van der Waals surface area (Å²) in [6.07, 6.45) is 0. The molecule has 4 aromatic heterocycles. The zero-order chi connectivity index (χ0) is 36.2. The van der Waals surface area contributed by atoms with Gasteiger partial charge in [0.2, 0.25) is 0 Å². The summed E-state index contributed by atoms with van der Waals surface area (Å²) < 4.78 is 17.6. The topological polar surface area (TPSA) is 48.5 Å². The van der Waals surface area contributed by atoms with Gasteiger partial charge in [0.25, 0.3) is 0 Å². The number of benzene rings is 8. The summed E-state index contributed by atoms with van der Waals surface area (Å²) >= 11 is 0. The molecule has 258 valence electrons. The zero-order valence-electron chi connectivity index (χ0n) is 29.7. The van der Waals surface area contributed by atoms with Crippen molar-refractivity contribution in [1.82, 2.24) is 9.13 Å². The molecule has 0 aliphatic carbocycles. The van der Waals surface area contributed by atoms with Gasteiger partial charge in [0.1, 0.15) is 22.3 Å². The number of para-hydroxylation sites is 3. The Balaban J connectivity index is 1.07. The van der Waals surface area contributed by atoms with Crippen molar-refractivity contribution in [3.8, 4) is 22.5 Å². The van der Waals surface area contributed by atoms with Crippen LogP contribution in [0.25, 0.3) is 110 Å². The Morgan fingerprint density at radius 2 is 0.909 bits per heavy atom. The Hall–Kier alpha value is -7.37. The third-order valence-electron chi connectivity index (χ3n) is 11.4. The van der Waals surface area contributed by atoms with Crippen LogP contribution in [0.2, 0.25) is 0 Å². The normalized spacial score (nSPS) is 12.1. The Morgan fingerprint density at radius 1 is 0.382 bits per heavy atom. The van der Waals surface area contributed by atoms with Gasteiger partial charge in [0, 0.05) is 66.6 Å². The Labute approximate surface area is 314 Å². The van der Waals surface area contributed by atoms with Crippen molar-refractivity contribution in [2.75, 3.05) is 0 Å². The monoisotopic (exact) mass is 705 g/mol. The molecule has 0 amide bonds. The van der Waals surface area contributed by atoms with E-state index in [1.165, 1.54) is 27.1 Å². The second kappa shape index (κ2) is 11.3. The number of nitrogens with zero attached hydrogens (tertiary/aromatic N) is 3. The number of aliphatic imine (C=N–C) groups is 1. The fourth-order valence-electron chi connectivity index (χ4n) is 8.85. The fraction of sp³-hybridized carbons (Fsp3) is 0.0200. The van der Waals surface area contributed by atoms with Crippen molar-refractivity contribution in [2.45, 2.75) is 6.54 Å². The predicted octanol–water partition coefficient (Wildman–Crippen LogP) is 13.5. The lowest BCUT2D eigenvalue weighted by molar-refractivity contribution is 0.669. The van der Waals surface area contributed by atoms with Gasteiger partial charge in [-0.1, -0.05) is 78.9 Å². The van der Waals surface area contributed by atoms with Crippen LogP contribution in [0.1, 0.15) is 5.56 Å². The van der Waals surface area contributed by atoms with Gasteiger partial charge in [-0.25, -0.2) is 0 Å². The van der Waals surface area contributed by atoms with E-state index in [2.05, 4.69) is 173 Å². The number of hydrogen-bond acceptors (Lipinski definition) is 3. The molecule has 5 nitrogen and oxygen atoms in total. The summed E-state index contributed by atoms with van der Waals surface area (Å²) in [5.74, 6) is 0. The first-order valence-corrected chi connectivity index (χ1v) is 18.6. The maximum Gasteiger partial charge on any atom is 0.137 e. The van der Waals surface area contributed by atoms with Crippen LogP contribution in [0.4, 0.5) is 0 Å². The van der Waals surface area contributed by atoms with Crippen LogP contribution in [0.3, 0.4) is 0 Å². The molecule has 0 radical (unpaired) electrons. The summed E-state index contributed by atoms with van der Waals surface area (Å²) in [4.78, 5) is 4.09. The van der Waals surface area contributed by atoms with Crippen molar-refractivity contribution in [3.05, 3.63) is 169 Å². The summed E-state index contributed by atoms with van der Waals surface area (Å²) in [5, 5.41) is 9.26. The molecule has 0 saturated heterocycles. The number of hydrogen-bond donors (Lipinski definition) is 0. The summed E-state index contributed by atoms with van der Waals surface area (Å²) in [7, 11) is 0. The molecule has 5 heteroatoms. The Bertz CT molecular complexity index is 3520. The van der Waals surface area contributed by atoms with Crippen molar-refractivity contribution < 1.29 is 8.83 Å². The number of fused-ring (bicyclic) bond motifs is 12. The van der Waals surface area contributed by atoms with Crippen molar-refractivity contribution in [3.63, 3.8) is 0 Å². The van der Waals surface area contributed by atoms with Gasteiger partial charge in [-0.05, 0) is 96.2 Å². The van der Waals surface area contributed by atoms with Gasteiger partial charge >= 0.3 is 0 Å². The molecule has 0 bridgehead atoms. The highest BCUT2D eigenvalue weighted by Gasteiger charge is 2.19. The van der Waals surface area contributed by atoms with E-state index in [9.17, 15) is 0 Å². The first-order valence-electron chi connectivity index (χ1n) is 18.6. The lowest BCUT2D eigenvalue weighted by Crippen LogP contribution is -1.94. The summed E-state index contributed by atoms with van der Waals surface area (Å²) in [5.41, 5.74) is 13.7. The maximum absolute atomic E-state index is 6.58. The van der Waals surface area contributed by atoms with Crippen molar-refractivity contribution in [2.24, 2.45) is 4.99 Å². The van der Waals surface area contributed by atoms with Crippen molar-refractivity contribution >= 4 is 94.2 Å². The minimum absolute atomic E-state index is 0.592. The van der Waals surface area contributed by atoms with E-state index in [0.29, 0.717) is 6.54 Å². The van der Waals surface area contributed by atoms with E-state index < -0.39 is 0 Å². The second-order valence-electron chi connectivity index (χ2n) is 14.4. The van der Waals surface area contributed by atoms with Gasteiger partial charge in [-0.2, -0.15) is 0 Å². The standard InChI is InChI=1S/C50H31N3O2/c1-51-29-30-15-19-34(20-16-30)53-44-21-17-31(23-37(44)39-26-41-36-12-6-8-14-47(36)54-49(41)28-46(39)53)32-18-22-48-40(24-32)42-25-38-35-11-5-7-13-43(35)52(33-9-3-2-4-10-33)45(38)27-50(42)55-48/h2-28H,1,29H2. The molecule has 0 atom stereocenters. The number of aromatic nitrogens is 2. The molecular weight excluding hydrogens is 675 g/mol. The van der Waals surface area contributed by atoms with E-state index in [1.54, 1.807) is 0 Å². The molecule has 0 spiro atoms.